The molecule has 1 heterocycles. The molecular weight excluding hydrogens is 404 g/mol. The zero-order valence-corrected chi connectivity index (χ0v) is 19.4. The predicted octanol–water partition coefficient (Wildman–Crippen LogP) is 7.00. The van der Waals surface area contributed by atoms with Crippen molar-refractivity contribution in [3.63, 3.8) is 0 Å². The standard InChI is InChI=1S/C30H32N2O/c1-2-28-29(33-27-21-13-6-14-22-27)23-32(31-28)30(24-15-7-3-8-16-24,25-17-9-4-10-18-25)26-19-11-5-12-20-26/h3-5,7-12,15-20,23,27H,2,6,13-14,21-22H2,1H3. The average Bonchev–Trinajstić information content (AvgIpc) is 3.30. The van der Waals surface area contributed by atoms with Gasteiger partial charge >= 0.3 is 0 Å². The van der Waals surface area contributed by atoms with Gasteiger partial charge in [-0.25, -0.2) is 4.68 Å². The first-order valence-electron chi connectivity index (χ1n) is 12.2. The Morgan fingerprint density at radius 3 is 1.70 bits per heavy atom. The van der Waals surface area contributed by atoms with E-state index in [1.165, 1.54) is 36.0 Å². The zero-order chi connectivity index (χ0) is 22.5. The first-order chi connectivity index (χ1) is 16.3. The van der Waals surface area contributed by atoms with Crippen molar-refractivity contribution >= 4 is 0 Å². The Balaban J connectivity index is 1.73. The van der Waals surface area contributed by atoms with Crippen molar-refractivity contribution in [3.8, 4) is 5.75 Å². The van der Waals surface area contributed by atoms with Gasteiger partial charge in [0.15, 0.2) is 5.75 Å². The molecule has 3 nitrogen and oxygen atoms in total. The van der Waals surface area contributed by atoms with E-state index in [0.717, 1.165) is 30.7 Å². The molecular formula is C30H32N2O. The number of nitrogens with zero attached hydrogens (tertiary/aromatic N) is 2. The molecule has 0 aliphatic heterocycles. The summed E-state index contributed by atoms with van der Waals surface area (Å²) in [6.45, 7) is 2.16. The van der Waals surface area contributed by atoms with Gasteiger partial charge in [0.05, 0.1) is 12.3 Å². The number of hydrogen-bond acceptors (Lipinski definition) is 2. The van der Waals surface area contributed by atoms with Gasteiger partial charge in [0.1, 0.15) is 11.2 Å². The third-order valence-corrected chi connectivity index (χ3v) is 6.85. The maximum Gasteiger partial charge on any atom is 0.160 e. The summed E-state index contributed by atoms with van der Waals surface area (Å²) >= 11 is 0. The van der Waals surface area contributed by atoms with Gasteiger partial charge in [-0.05, 0) is 48.8 Å². The highest BCUT2D eigenvalue weighted by Crippen LogP contribution is 2.41. The van der Waals surface area contributed by atoms with Crippen LogP contribution in [0.2, 0.25) is 0 Å². The lowest BCUT2D eigenvalue weighted by atomic mass is 9.77. The van der Waals surface area contributed by atoms with Crippen molar-refractivity contribution in [2.45, 2.75) is 57.1 Å². The molecule has 0 bridgehead atoms. The van der Waals surface area contributed by atoms with Gasteiger partial charge in [-0.2, -0.15) is 5.10 Å². The minimum atomic E-state index is -0.595. The number of ether oxygens (including phenoxy) is 1. The number of rotatable bonds is 7. The number of hydrogen-bond donors (Lipinski definition) is 0. The molecule has 0 amide bonds. The summed E-state index contributed by atoms with van der Waals surface area (Å²) in [7, 11) is 0. The Labute approximate surface area is 197 Å². The van der Waals surface area contributed by atoms with Crippen LogP contribution in [0.1, 0.15) is 61.4 Å². The minimum Gasteiger partial charge on any atom is -0.487 e. The van der Waals surface area contributed by atoms with E-state index in [0.29, 0.717) is 6.10 Å². The van der Waals surface area contributed by atoms with Crippen LogP contribution in [-0.2, 0) is 12.0 Å². The molecule has 1 fully saturated rings. The predicted molar refractivity (Wildman–Crippen MR) is 134 cm³/mol. The van der Waals surface area contributed by atoms with Crippen LogP contribution in [0.15, 0.2) is 97.2 Å². The summed E-state index contributed by atoms with van der Waals surface area (Å²) in [6.07, 6.45) is 9.36. The molecule has 3 aromatic carbocycles. The summed E-state index contributed by atoms with van der Waals surface area (Å²) in [5, 5.41) is 5.19. The lowest BCUT2D eigenvalue weighted by Crippen LogP contribution is -2.38. The van der Waals surface area contributed by atoms with Gasteiger partial charge < -0.3 is 4.74 Å². The fourth-order valence-electron chi connectivity index (χ4n) is 5.21. The summed E-state index contributed by atoms with van der Waals surface area (Å²) in [4.78, 5) is 0. The molecule has 0 spiro atoms. The highest BCUT2D eigenvalue weighted by molar-refractivity contribution is 5.51. The van der Waals surface area contributed by atoms with E-state index in [9.17, 15) is 0 Å². The quantitative estimate of drug-likeness (QED) is 0.292. The maximum absolute atomic E-state index is 6.58. The van der Waals surface area contributed by atoms with Gasteiger partial charge in [0.2, 0.25) is 0 Å². The molecule has 0 atom stereocenters. The highest BCUT2D eigenvalue weighted by atomic mass is 16.5. The summed E-state index contributed by atoms with van der Waals surface area (Å²) in [5.41, 5.74) is 3.96. The van der Waals surface area contributed by atoms with Crippen molar-refractivity contribution in [2.24, 2.45) is 0 Å². The van der Waals surface area contributed by atoms with Crippen molar-refractivity contribution in [3.05, 3.63) is 120 Å². The van der Waals surface area contributed by atoms with Crippen molar-refractivity contribution in [1.29, 1.82) is 0 Å². The van der Waals surface area contributed by atoms with Crippen LogP contribution in [0, 0.1) is 0 Å². The van der Waals surface area contributed by atoms with E-state index in [-0.39, 0.29) is 0 Å². The lowest BCUT2D eigenvalue weighted by molar-refractivity contribution is 0.153. The Bertz CT molecular complexity index is 1050. The van der Waals surface area contributed by atoms with Crippen molar-refractivity contribution in [2.75, 3.05) is 0 Å². The maximum atomic E-state index is 6.58. The van der Waals surface area contributed by atoms with Gasteiger partial charge in [-0.3, -0.25) is 0 Å². The summed E-state index contributed by atoms with van der Waals surface area (Å²) in [6, 6.07) is 32.1. The van der Waals surface area contributed by atoms with Crippen LogP contribution >= 0.6 is 0 Å². The lowest BCUT2D eigenvalue weighted by Gasteiger charge is -2.36. The van der Waals surface area contributed by atoms with Gasteiger partial charge in [0, 0.05) is 0 Å². The van der Waals surface area contributed by atoms with Gasteiger partial charge in [-0.1, -0.05) is 104 Å². The zero-order valence-electron chi connectivity index (χ0n) is 19.4. The highest BCUT2D eigenvalue weighted by Gasteiger charge is 2.40. The smallest absolute Gasteiger partial charge is 0.160 e. The fraction of sp³-hybridized carbons (Fsp3) is 0.300. The fourth-order valence-corrected chi connectivity index (χ4v) is 5.21. The SMILES string of the molecule is CCc1nn(C(c2ccccc2)(c2ccccc2)c2ccccc2)cc1OC1CCCCC1. The molecule has 33 heavy (non-hydrogen) atoms. The van der Waals surface area contributed by atoms with Crippen LogP contribution in [0.25, 0.3) is 0 Å². The van der Waals surface area contributed by atoms with E-state index in [1.54, 1.807) is 0 Å². The Morgan fingerprint density at radius 2 is 1.24 bits per heavy atom. The first kappa shape index (κ1) is 21.5. The molecule has 4 aromatic rings. The molecule has 1 aliphatic carbocycles. The van der Waals surface area contributed by atoms with Gasteiger partial charge in [-0.15, -0.1) is 0 Å². The molecule has 5 rings (SSSR count). The summed E-state index contributed by atoms with van der Waals surface area (Å²) in [5.74, 6) is 0.927. The number of aromatic nitrogens is 2. The third kappa shape index (κ3) is 4.08. The Morgan fingerprint density at radius 1 is 0.758 bits per heavy atom. The number of benzene rings is 3. The van der Waals surface area contributed by atoms with Crippen molar-refractivity contribution in [1.82, 2.24) is 9.78 Å². The van der Waals surface area contributed by atoms with E-state index in [1.807, 2.05) is 0 Å². The van der Waals surface area contributed by atoms with E-state index < -0.39 is 5.54 Å². The Kier molecular flexibility index (Phi) is 6.30. The van der Waals surface area contributed by atoms with Crippen LogP contribution < -0.4 is 4.74 Å². The topological polar surface area (TPSA) is 27.1 Å². The molecule has 1 saturated carbocycles. The van der Waals surface area contributed by atoms with Crippen LogP contribution in [0.4, 0.5) is 0 Å². The van der Waals surface area contributed by atoms with Crippen molar-refractivity contribution < 1.29 is 4.74 Å². The summed E-state index contributed by atoms with van der Waals surface area (Å²) < 4.78 is 8.72. The molecule has 0 unspecified atom stereocenters. The molecule has 3 heteroatoms. The molecule has 1 aliphatic rings. The van der Waals surface area contributed by atoms with E-state index in [4.69, 9.17) is 9.84 Å². The second-order valence-corrected chi connectivity index (χ2v) is 8.92. The monoisotopic (exact) mass is 436 g/mol. The molecule has 1 aromatic heterocycles. The van der Waals surface area contributed by atoms with E-state index >= 15 is 0 Å². The third-order valence-electron chi connectivity index (χ3n) is 6.85. The second kappa shape index (κ2) is 9.66. The average molecular weight is 437 g/mol. The van der Waals surface area contributed by atoms with Crippen LogP contribution in [-0.4, -0.2) is 15.9 Å². The second-order valence-electron chi connectivity index (χ2n) is 8.92. The van der Waals surface area contributed by atoms with Gasteiger partial charge in [0.25, 0.3) is 0 Å². The number of aryl methyl sites for hydroxylation is 1. The molecule has 0 saturated heterocycles. The minimum absolute atomic E-state index is 0.293. The van der Waals surface area contributed by atoms with Crippen LogP contribution in [0.3, 0.4) is 0 Å². The Hall–Kier alpha value is -3.33. The molecule has 0 radical (unpaired) electrons. The normalized spacial score (nSPS) is 14.8. The van der Waals surface area contributed by atoms with Crippen LogP contribution in [0.5, 0.6) is 5.75 Å². The first-order valence-corrected chi connectivity index (χ1v) is 12.2. The van der Waals surface area contributed by atoms with E-state index in [2.05, 4.69) is 109 Å². The molecule has 168 valence electrons. The largest absolute Gasteiger partial charge is 0.487 e. The molecule has 0 N–H and O–H groups in total.